The van der Waals surface area contributed by atoms with Crippen molar-refractivity contribution in [3.8, 4) is 0 Å². The van der Waals surface area contributed by atoms with Crippen LogP contribution < -0.4 is 0 Å². The second-order valence-electron chi connectivity index (χ2n) is 2.86. The second kappa shape index (κ2) is 5.78. The van der Waals surface area contributed by atoms with Gasteiger partial charge >= 0.3 is 0 Å². The predicted octanol–water partition coefficient (Wildman–Crippen LogP) is 3.26. The Morgan fingerprint density at radius 2 is 2.00 bits per heavy atom. The predicted molar refractivity (Wildman–Crippen MR) is 49.0 cm³/mol. The normalized spacial score (nSPS) is 11.6. The van der Waals surface area contributed by atoms with Crippen LogP contribution in [0.25, 0.3) is 0 Å². The highest BCUT2D eigenvalue weighted by molar-refractivity contribution is 5.08. The monoisotopic (exact) mass is 152 g/mol. The summed E-state index contributed by atoms with van der Waals surface area (Å²) in [6.45, 7) is 9.82. The summed E-state index contributed by atoms with van der Waals surface area (Å²) in [6.07, 6.45) is 7.12. The van der Waals surface area contributed by atoms with Crippen LogP contribution in [0.4, 0.5) is 0 Å². The first-order valence-corrected chi connectivity index (χ1v) is 3.77. The SMILES string of the molecule is C=C(C)/C=C\O/C=C/C(C)C. The van der Waals surface area contributed by atoms with E-state index in [0.717, 1.165) is 5.57 Å². The van der Waals surface area contributed by atoms with Gasteiger partial charge in [0.1, 0.15) is 0 Å². The van der Waals surface area contributed by atoms with Crippen molar-refractivity contribution in [2.24, 2.45) is 5.92 Å². The first-order chi connectivity index (χ1) is 5.13. The van der Waals surface area contributed by atoms with E-state index >= 15 is 0 Å². The molecule has 0 saturated heterocycles. The van der Waals surface area contributed by atoms with E-state index in [1.165, 1.54) is 0 Å². The zero-order valence-electron chi connectivity index (χ0n) is 7.50. The number of ether oxygens (including phenoxy) is 1. The quantitative estimate of drug-likeness (QED) is 0.444. The third-order valence-corrected chi connectivity index (χ3v) is 0.973. The largest absolute Gasteiger partial charge is 0.473 e. The van der Waals surface area contributed by atoms with Gasteiger partial charge < -0.3 is 4.74 Å². The summed E-state index contributed by atoms with van der Waals surface area (Å²) in [4.78, 5) is 0. The van der Waals surface area contributed by atoms with Crippen molar-refractivity contribution < 1.29 is 4.74 Å². The molecular weight excluding hydrogens is 136 g/mol. The Hall–Kier alpha value is -0.980. The lowest BCUT2D eigenvalue weighted by molar-refractivity contribution is 0.398. The lowest BCUT2D eigenvalue weighted by Gasteiger charge is -1.93. The minimum atomic E-state index is 0.535. The molecule has 0 saturated carbocycles. The van der Waals surface area contributed by atoms with Gasteiger partial charge in [0.25, 0.3) is 0 Å². The van der Waals surface area contributed by atoms with Crippen LogP contribution in [0.1, 0.15) is 20.8 Å². The number of hydrogen-bond acceptors (Lipinski definition) is 1. The maximum atomic E-state index is 5.03. The maximum Gasteiger partial charge on any atom is 0.0903 e. The third kappa shape index (κ3) is 9.02. The number of rotatable bonds is 4. The Balaban J connectivity index is 3.48. The molecule has 0 atom stereocenters. The average molecular weight is 152 g/mol. The fourth-order valence-corrected chi connectivity index (χ4v) is 0.403. The smallest absolute Gasteiger partial charge is 0.0903 e. The summed E-state index contributed by atoms with van der Waals surface area (Å²) in [6, 6.07) is 0. The number of allylic oxidation sites excluding steroid dienone is 3. The van der Waals surface area contributed by atoms with Gasteiger partial charge in [0, 0.05) is 0 Å². The minimum absolute atomic E-state index is 0.535. The Labute approximate surface area is 69.1 Å². The van der Waals surface area contributed by atoms with Crippen LogP contribution in [0.2, 0.25) is 0 Å². The zero-order chi connectivity index (χ0) is 8.69. The van der Waals surface area contributed by atoms with Crippen LogP contribution in [0.5, 0.6) is 0 Å². The molecule has 0 bridgehead atoms. The molecule has 0 aliphatic heterocycles. The lowest BCUT2D eigenvalue weighted by Crippen LogP contribution is -1.77. The molecular formula is C10H16O. The summed E-state index contributed by atoms with van der Waals surface area (Å²) >= 11 is 0. The Morgan fingerprint density at radius 3 is 2.45 bits per heavy atom. The van der Waals surface area contributed by atoms with Gasteiger partial charge in [-0.2, -0.15) is 0 Å². The molecule has 0 aromatic heterocycles. The summed E-state index contributed by atoms with van der Waals surface area (Å²) in [5.41, 5.74) is 0.989. The van der Waals surface area contributed by atoms with Crippen molar-refractivity contribution in [1.82, 2.24) is 0 Å². The van der Waals surface area contributed by atoms with E-state index in [1.807, 2.05) is 19.1 Å². The molecule has 0 radical (unpaired) electrons. The van der Waals surface area contributed by atoms with Crippen molar-refractivity contribution in [2.45, 2.75) is 20.8 Å². The van der Waals surface area contributed by atoms with Gasteiger partial charge in [-0.1, -0.05) is 26.0 Å². The van der Waals surface area contributed by atoms with E-state index < -0.39 is 0 Å². The van der Waals surface area contributed by atoms with Gasteiger partial charge in [-0.15, -0.1) is 0 Å². The summed E-state index contributed by atoms with van der Waals surface area (Å²) in [5, 5.41) is 0. The maximum absolute atomic E-state index is 5.03. The molecule has 1 nitrogen and oxygen atoms in total. The molecule has 0 unspecified atom stereocenters. The zero-order valence-corrected chi connectivity index (χ0v) is 7.50. The Bertz CT molecular complexity index is 164. The molecule has 0 heterocycles. The van der Waals surface area contributed by atoms with Crippen LogP contribution in [0.15, 0.2) is 36.8 Å². The van der Waals surface area contributed by atoms with E-state index in [9.17, 15) is 0 Å². The van der Waals surface area contributed by atoms with Crippen LogP contribution in [0.3, 0.4) is 0 Å². The van der Waals surface area contributed by atoms with E-state index in [4.69, 9.17) is 4.74 Å². The van der Waals surface area contributed by atoms with Crippen molar-refractivity contribution in [1.29, 1.82) is 0 Å². The van der Waals surface area contributed by atoms with E-state index in [-0.39, 0.29) is 0 Å². The molecule has 11 heavy (non-hydrogen) atoms. The molecule has 1 heteroatoms. The molecule has 0 aliphatic rings. The van der Waals surface area contributed by atoms with E-state index in [1.54, 1.807) is 12.5 Å². The van der Waals surface area contributed by atoms with Crippen molar-refractivity contribution in [3.63, 3.8) is 0 Å². The van der Waals surface area contributed by atoms with Gasteiger partial charge in [0.2, 0.25) is 0 Å². The number of hydrogen-bond donors (Lipinski definition) is 0. The topological polar surface area (TPSA) is 9.23 Å². The third-order valence-electron chi connectivity index (χ3n) is 0.973. The van der Waals surface area contributed by atoms with Gasteiger partial charge in [-0.3, -0.25) is 0 Å². The molecule has 0 fully saturated rings. The molecule has 0 rings (SSSR count). The fourth-order valence-electron chi connectivity index (χ4n) is 0.403. The first-order valence-electron chi connectivity index (χ1n) is 3.77. The summed E-state index contributed by atoms with van der Waals surface area (Å²) in [7, 11) is 0. The molecule has 0 aromatic carbocycles. The standard InChI is InChI=1S/C10H16O/c1-9(2)5-7-11-8-6-10(3)4/h5-8,10H,1H2,2-4H3/b7-5-,8-6+. The molecule has 0 aliphatic carbocycles. The molecule has 0 N–H and O–H groups in total. The van der Waals surface area contributed by atoms with Crippen molar-refractivity contribution in [2.75, 3.05) is 0 Å². The highest BCUT2D eigenvalue weighted by Gasteiger charge is 1.80. The lowest BCUT2D eigenvalue weighted by atomic mass is 10.2. The van der Waals surface area contributed by atoms with Gasteiger partial charge in [-0.25, -0.2) is 0 Å². The molecule has 62 valence electrons. The Morgan fingerprint density at radius 1 is 1.36 bits per heavy atom. The van der Waals surface area contributed by atoms with Crippen LogP contribution >= 0.6 is 0 Å². The summed E-state index contributed by atoms with van der Waals surface area (Å²) in [5.74, 6) is 0.535. The van der Waals surface area contributed by atoms with Gasteiger partial charge in [0.15, 0.2) is 0 Å². The highest BCUT2D eigenvalue weighted by Crippen LogP contribution is 1.95. The molecule has 0 amide bonds. The molecule has 0 aromatic rings. The van der Waals surface area contributed by atoms with Crippen molar-refractivity contribution in [3.05, 3.63) is 36.8 Å². The van der Waals surface area contributed by atoms with Crippen LogP contribution in [-0.2, 0) is 4.74 Å². The summed E-state index contributed by atoms with van der Waals surface area (Å²) < 4.78 is 5.03. The van der Waals surface area contributed by atoms with Crippen LogP contribution in [0, 0.1) is 5.92 Å². The second-order valence-corrected chi connectivity index (χ2v) is 2.86. The van der Waals surface area contributed by atoms with Crippen LogP contribution in [-0.4, -0.2) is 0 Å². The van der Waals surface area contributed by atoms with Gasteiger partial charge in [-0.05, 0) is 25.0 Å². The minimum Gasteiger partial charge on any atom is -0.473 e. The van der Waals surface area contributed by atoms with E-state index in [0.29, 0.717) is 5.92 Å². The fraction of sp³-hybridized carbons (Fsp3) is 0.400. The molecule has 0 spiro atoms. The van der Waals surface area contributed by atoms with E-state index in [2.05, 4.69) is 20.4 Å². The Kier molecular flexibility index (Phi) is 5.26. The van der Waals surface area contributed by atoms with Crippen molar-refractivity contribution >= 4 is 0 Å². The first kappa shape index (κ1) is 10.0. The average Bonchev–Trinajstić information content (AvgIpc) is 1.85. The highest BCUT2D eigenvalue weighted by atomic mass is 16.5. The van der Waals surface area contributed by atoms with Gasteiger partial charge in [0.05, 0.1) is 12.5 Å².